The molecule has 0 heterocycles. The zero-order valence-corrected chi connectivity index (χ0v) is 11.0. The number of anilines is 1. The van der Waals surface area contributed by atoms with Crippen molar-refractivity contribution in [1.29, 1.82) is 0 Å². The third-order valence-corrected chi connectivity index (χ3v) is 3.46. The fourth-order valence-electron chi connectivity index (χ4n) is 1.26. The summed E-state index contributed by atoms with van der Waals surface area (Å²) >= 11 is 5.47. The Balaban J connectivity index is 2.76. The zero-order valence-electron chi connectivity index (χ0n) is 9.44. The molecule has 6 heteroatoms. The van der Waals surface area contributed by atoms with Gasteiger partial charge in [0.05, 0.1) is 4.90 Å². The standard InChI is InChI=1S/C11H14ClNO3S/c1-17(15,16)10-5-2-4-9(8-10)13-11(14)6-3-7-12/h2,4-5,8H,3,6-7H2,1H3,(H,13,14). The van der Waals surface area contributed by atoms with Crippen molar-refractivity contribution in [2.24, 2.45) is 0 Å². The first kappa shape index (κ1) is 14.0. The van der Waals surface area contributed by atoms with E-state index in [1.807, 2.05) is 0 Å². The van der Waals surface area contributed by atoms with Crippen LogP contribution < -0.4 is 5.32 Å². The second kappa shape index (κ2) is 6.02. The quantitative estimate of drug-likeness (QED) is 0.837. The molecule has 1 amide bonds. The molecule has 0 saturated heterocycles. The monoisotopic (exact) mass is 275 g/mol. The highest BCUT2D eigenvalue weighted by Crippen LogP contribution is 2.15. The van der Waals surface area contributed by atoms with Crippen LogP contribution in [-0.2, 0) is 14.6 Å². The molecule has 0 atom stereocenters. The molecule has 0 fully saturated rings. The molecule has 0 aromatic heterocycles. The van der Waals surface area contributed by atoms with Crippen molar-refractivity contribution in [2.75, 3.05) is 17.5 Å². The van der Waals surface area contributed by atoms with Crippen LogP contribution in [0.15, 0.2) is 29.2 Å². The summed E-state index contributed by atoms with van der Waals surface area (Å²) < 4.78 is 22.6. The van der Waals surface area contributed by atoms with E-state index >= 15 is 0 Å². The number of hydrogen-bond donors (Lipinski definition) is 1. The van der Waals surface area contributed by atoms with Crippen LogP contribution in [0.25, 0.3) is 0 Å². The van der Waals surface area contributed by atoms with Gasteiger partial charge in [0.1, 0.15) is 0 Å². The first-order valence-corrected chi connectivity index (χ1v) is 7.52. The maximum absolute atomic E-state index is 11.4. The number of carbonyl (C=O) groups is 1. The Morgan fingerprint density at radius 1 is 1.41 bits per heavy atom. The van der Waals surface area contributed by atoms with Crippen LogP contribution in [0, 0.1) is 0 Å². The Morgan fingerprint density at radius 2 is 2.12 bits per heavy atom. The summed E-state index contributed by atoms with van der Waals surface area (Å²) in [5, 5.41) is 2.63. The van der Waals surface area contributed by atoms with E-state index in [1.165, 1.54) is 12.1 Å². The highest BCUT2D eigenvalue weighted by molar-refractivity contribution is 7.90. The lowest BCUT2D eigenvalue weighted by Gasteiger charge is -2.06. The number of carbonyl (C=O) groups excluding carboxylic acids is 1. The van der Waals surface area contributed by atoms with E-state index in [0.717, 1.165) is 6.26 Å². The Bertz CT molecular complexity index is 499. The van der Waals surface area contributed by atoms with Gasteiger partial charge in [0.15, 0.2) is 9.84 Å². The van der Waals surface area contributed by atoms with Crippen molar-refractivity contribution in [1.82, 2.24) is 0 Å². The molecule has 0 saturated carbocycles. The molecule has 1 aromatic rings. The fraction of sp³-hybridized carbons (Fsp3) is 0.364. The molecule has 94 valence electrons. The molecule has 1 N–H and O–H groups in total. The van der Waals surface area contributed by atoms with Gasteiger partial charge in [-0.3, -0.25) is 4.79 Å². The molecular formula is C11H14ClNO3S. The van der Waals surface area contributed by atoms with E-state index in [-0.39, 0.29) is 10.8 Å². The molecule has 4 nitrogen and oxygen atoms in total. The van der Waals surface area contributed by atoms with Crippen LogP contribution in [0.3, 0.4) is 0 Å². The van der Waals surface area contributed by atoms with E-state index in [1.54, 1.807) is 12.1 Å². The van der Waals surface area contributed by atoms with Gasteiger partial charge < -0.3 is 5.32 Å². The number of benzene rings is 1. The van der Waals surface area contributed by atoms with Crippen molar-refractivity contribution < 1.29 is 13.2 Å². The van der Waals surface area contributed by atoms with E-state index in [2.05, 4.69) is 5.32 Å². The van der Waals surface area contributed by atoms with Gasteiger partial charge in [-0.1, -0.05) is 6.07 Å². The van der Waals surface area contributed by atoms with Crippen molar-refractivity contribution in [3.05, 3.63) is 24.3 Å². The average Bonchev–Trinajstić information content (AvgIpc) is 2.25. The normalized spacial score (nSPS) is 11.2. The molecule has 1 rings (SSSR count). The van der Waals surface area contributed by atoms with Crippen LogP contribution in [0.4, 0.5) is 5.69 Å². The van der Waals surface area contributed by atoms with Gasteiger partial charge in [0.2, 0.25) is 5.91 Å². The van der Waals surface area contributed by atoms with Crippen molar-refractivity contribution >= 4 is 33.0 Å². The predicted molar refractivity (Wildman–Crippen MR) is 68.1 cm³/mol. The summed E-state index contributed by atoms with van der Waals surface area (Å²) in [6, 6.07) is 6.17. The SMILES string of the molecule is CS(=O)(=O)c1cccc(NC(=O)CCCCl)c1. The number of rotatable bonds is 5. The molecule has 0 radical (unpaired) electrons. The largest absolute Gasteiger partial charge is 0.326 e. The summed E-state index contributed by atoms with van der Waals surface area (Å²) in [6.45, 7) is 0. The van der Waals surface area contributed by atoms with E-state index in [0.29, 0.717) is 24.4 Å². The van der Waals surface area contributed by atoms with Gasteiger partial charge in [0, 0.05) is 24.2 Å². The molecule has 1 aromatic carbocycles. The zero-order chi connectivity index (χ0) is 12.9. The molecule has 0 aliphatic carbocycles. The van der Waals surface area contributed by atoms with E-state index < -0.39 is 9.84 Å². The van der Waals surface area contributed by atoms with Gasteiger partial charge in [-0.05, 0) is 24.6 Å². The smallest absolute Gasteiger partial charge is 0.224 e. The third kappa shape index (κ3) is 4.75. The minimum atomic E-state index is -3.25. The van der Waals surface area contributed by atoms with E-state index in [4.69, 9.17) is 11.6 Å². The predicted octanol–water partition coefficient (Wildman–Crippen LogP) is 2.05. The van der Waals surface area contributed by atoms with Crippen molar-refractivity contribution in [2.45, 2.75) is 17.7 Å². The Morgan fingerprint density at radius 3 is 2.71 bits per heavy atom. The number of nitrogens with one attached hydrogen (secondary N) is 1. The number of alkyl halides is 1. The molecule has 0 aliphatic heterocycles. The topological polar surface area (TPSA) is 63.2 Å². The number of amides is 1. The first-order valence-electron chi connectivity index (χ1n) is 5.09. The highest BCUT2D eigenvalue weighted by Gasteiger charge is 2.08. The van der Waals surface area contributed by atoms with Crippen LogP contribution >= 0.6 is 11.6 Å². The number of hydrogen-bond acceptors (Lipinski definition) is 3. The lowest BCUT2D eigenvalue weighted by Crippen LogP contribution is -2.11. The summed E-state index contributed by atoms with van der Waals surface area (Å²) in [5.41, 5.74) is 0.479. The lowest BCUT2D eigenvalue weighted by molar-refractivity contribution is -0.116. The highest BCUT2D eigenvalue weighted by atomic mass is 35.5. The molecule has 17 heavy (non-hydrogen) atoms. The molecular weight excluding hydrogens is 262 g/mol. The fourth-order valence-corrected chi connectivity index (χ4v) is 2.06. The Labute approximate surface area is 106 Å². The van der Waals surface area contributed by atoms with Crippen LogP contribution in [0.2, 0.25) is 0 Å². The second-order valence-corrected chi connectivity index (χ2v) is 6.03. The second-order valence-electron chi connectivity index (χ2n) is 3.64. The third-order valence-electron chi connectivity index (χ3n) is 2.08. The van der Waals surface area contributed by atoms with Crippen molar-refractivity contribution in [3.63, 3.8) is 0 Å². The Kier molecular flexibility index (Phi) is 4.96. The summed E-state index contributed by atoms with van der Waals surface area (Å²) in [5.74, 6) is 0.257. The average molecular weight is 276 g/mol. The van der Waals surface area contributed by atoms with Gasteiger partial charge >= 0.3 is 0 Å². The van der Waals surface area contributed by atoms with Crippen molar-refractivity contribution in [3.8, 4) is 0 Å². The van der Waals surface area contributed by atoms with Crippen LogP contribution in [0.5, 0.6) is 0 Å². The van der Waals surface area contributed by atoms with Gasteiger partial charge in [-0.15, -0.1) is 11.6 Å². The summed E-state index contributed by atoms with van der Waals surface area (Å²) in [6.07, 6.45) is 2.05. The van der Waals surface area contributed by atoms with Gasteiger partial charge in [-0.2, -0.15) is 0 Å². The lowest BCUT2D eigenvalue weighted by atomic mass is 10.3. The number of halogens is 1. The Hall–Kier alpha value is -1.07. The maximum atomic E-state index is 11.4. The van der Waals surface area contributed by atoms with Crippen LogP contribution in [0.1, 0.15) is 12.8 Å². The maximum Gasteiger partial charge on any atom is 0.224 e. The number of sulfone groups is 1. The van der Waals surface area contributed by atoms with Gasteiger partial charge in [-0.25, -0.2) is 8.42 Å². The first-order chi connectivity index (χ1) is 7.93. The van der Waals surface area contributed by atoms with E-state index in [9.17, 15) is 13.2 Å². The summed E-state index contributed by atoms with van der Waals surface area (Å²) in [4.78, 5) is 11.6. The molecule has 0 bridgehead atoms. The molecule has 0 aliphatic rings. The van der Waals surface area contributed by atoms with Gasteiger partial charge in [0.25, 0.3) is 0 Å². The summed E-state index contributed by atoms with van der Waals surface area (Å²) in [7, 11) is -3.25. The molecule has 0 spiro atoms. The van der Waals surface area contributed by atoms with Crippen LogP contribution in [-0.4, -0.2) is 26.5 Å². The minimum absolute atomic E-state index is 0.170. The molecule has 0 unspecified atom stereocenters. The minimum Gasteiger partial charge on any atom is -0.326 e.